The van der Waals surface area contributed by atoms with Crippen LogP contribution in [0.25, 0.3) is 0 Å². The summed E-state index contributed by atoms with van der Waals surface area (Å²) in [7, 11) is 4.66. The topological polar surface area (TPSA) is 182 Å². The molecule has 5 aliphatic heterocycles. The van der Waals surface area contributed by atoms with Crippen LogP contribution in [0, 0.1) is 0 Å². The number of fused-ring (bicyclic) bond motifs is 2. The monoisotopic (exact) mass is 1100 g/mol. The van der Waals surface area contributed by atoms with Crippen molar-refractivity contribution in [3.8, 4) is 40.2 Å². The number of likely N-dealkylation sites (tertiary alicyclic amines) is 1. The smallest absolute Gasteiger partial charge is 0.254 e. The Morgan fingerprint density at radius 2 is 1.30 bits per heavy atom. The van der Waals surface area contributed by atoms with Gasteiger partial charge in [0.25, 0.3) is 11.8 Å². The summed E-state index contributed by atoms with van der Waals surface area (Å²) in [4.78, 5) is 26.3. The number of hydrogen-bond acceptors (Lipinski definition) is 13. The normalized spacial score (nSPS) is 17.8. The molecule has 3 saturated heterocycles. The van der Waals surface area contributed by atoms with Gasteiger partial charge in [0.05, 0.1) is 34.9 Å². The molecule has 5 aromatic carbocycles. The number of aliphatic hydroxyl groups excluding tert-OH is 1. The standard InChI is InChI=1S/C23H26Cl2N2O5.C19H20ClNO5.C12H14ClNO.CH4/c1-26-22(30)17-9-18(25)19(29)10-21(17)31-13-16(28)12-27-6-4-23(5-7-27)11-14-8-15(24)2-3-20(14)32-23;1-21-19(22)15-7-16(20)18(8-17(15)26-11-14-10-24-14)25-9-12-3-5-13(23-2)6-4-12;13-10-1-2-11-9(7-10)8-12(15-11)3-5-14-6-4-12;/h2-3,8-10,16,28-29H,4-7,11-13H2,1H3,(H,26,30);3-8,14H,9-11H2,1-2H3,(H,21,22);1-2,7,14H,3-6,8H2;1H4/t16-;14-;;/m00../s1. The highest BCUT2D eigenvalue weighted by Crippen LogP contribution is 2.43. The first-order valence-corrected chi connectivity index (χ1v) is 25.7. The molecule has 2 atom stereocenters. The fraction of sp³-hybridized carbons (Fsp3) is 0.418. The van der Waals surface area contributed by atoms with E-state index >= 15 is 0 Å². The van der Waals surface area contributed by atoms with E-state index in [1.54, 1.807) is 26.3 Å². The summed E-state index contributed by atoms with van der Waals surface area (Å²) in [5.41, 5.74) is 3.79. The molecule has 0 aliphatic carbocycles. The minimum atomic E-state index is -0.764. The van der Waals surface area contributed by atoms with Crippen LogP contribution in [0.15, 0.2) is 84.9 Å². The zero-order valence-electron chi connectivity index (χ0n) is 40.9. The third-order valence-electron chi connectivity index (χ3n) is 13.3. The molecule has 2 amide bonds. The Labute approximate surface area is 452 Å². The SMILES string of the molecule is C.CNC(=O)c1cc(Cl)c(O)cc1OC[C@@H](O)CN1CCC2(CC1)Cc1cc(Cl)ccc1O2.CNC(=O)c1cc(Cl)c(OCc2ccc(OC)cc2)cc1OC[C@@H]1CO1.Clc1ccc2c(c1)CC1(CCNCC1)O2. The van der Waals surface area contributed by atoms with E-state index in [0.29, 0.717) is 48.5 Å². The van der Waals surface area contributed by atoms with Gasteiger partial charge in [-0.15, -0.1) is 0 Å². The van der Waals surface area contributed by atoms with Crippen molar-refractivity contribution in [1.82, 2.24) is 20.9 Å². The molecule has 0 saturated carbocycles. The number of halogens is 4. The van der Waals surface area contributed by atoms with E-state index in [1.165, 1.54) is 24.7 Å². The van der Waals surface area contributed by atoms with Crippen LogP contribution >= 0.6 is 46.4 Å². The minimum Gasteiger partial charge on any atom is -0.506 e. The summed E-state index contributed by atoms with van der Waals surface area (Å²) in [5, 5.41) is 30.7. The summed E-state index contributed by atoms with van der Waals surface area (Å²) < 4.78 is 39.8. The molecule has 74 heavy (non-hydrogen) atoms. The zero-order chi connectivity index (χ0) is 51.7. The van der Waals surface area contributed by atoms with Crippen LogP contribution in [-0.2, 0) is 24.2 Å². The number of β-amino-alcohol motifs (C(OH)–C–C–N with tert-alkyl or cyclic N) is 1. The summed E-state index contributed by atoms with van der Waals surface area (Å²) in [6.07, 6.45) is 5.09. The number of phenols is 1. The van der Waals surface area contributed by atoms with Gasteiger partial charge in [0.15, 0.2) is 0 Å². The lowest BCUT2D eigenvalue weighted by atomic mass is 9.87. The number of amides is 2. The zero-order valence-corrected chi connectivity index (χ0v) is 43.9. The highest BCUT2D eigenvalue weighted by atomic mass is 35.5. The number of carbonyl (C=O) groups is 2. The fourth-order valence-corrected chi connectivity index (χ4v) is 9.98. The van der Waals surface area contributed by atoms with E-state index in [0.717, 1.165) is 103 Å². The minimum absolute atomic E-state index is 0. The van der Waals surface area contributed by atoms with Crippen LogP contribution in [0.1, 0.15) is 70.5 Å². The van der Waals surface area contributed by atoms with Gasteiger partial charge < -0.3 is 64.2 Å². The van der Waals surface area contributed by atoms with Crippen LogP contribution in [0.5, 0.6) is 40.2 Å². The molecule has 3 fully saturated rings. The molecule has 5 heterocycles. The van der Waals surface area contributed by atoms with E-state index in [9.17, 15) is 19.8 Å². The number of piperidine rings is 2. The molecule has 5 aliphatic rings. The molecule has 19 heteroatoms. The van der Waals surface area contributed by atoms with Gasteiger partial charge in [-0.05, 0) is 103 Å². The Balaban J connectivity index is 0.000000170. The quantitative estimate of drug-likeness (QED) is 0.0665. The van der Waals surface area contributed by atoms with Crippen molar-refractivity contribution in [2.75, 3.05) is 73.7 Å². The molecule has 398 valence electrons. The Morgan fingerprint density at radius 1 is 0.743 bits per heavy atom. The van der Waals surface area contributed by atoms with E-state index in [4.69, 9.17) is 79.6 Å². The number of hydrogen-bond donors (Lipinski definition) is 5. The average Bonchev–Trinajstić information content (AvgIpc) is 4.07. The first-order chi connectivity index (χ1) is 35.2. The second-order valence-corrected chi connectivity index (χ2v) is 20.3. The Bertz CT molecular complexity index is 2730. The number of epoxide rings is 1. The third kappa shape index (κ3) is 14.5. The molecular formula is C55H64Cl4N4O11. The largest absolute Gasteiger partial charge is 0.506 e. The Kier molecular flexibility index (Phi) is 19.4. The van der Waals surface area contributed by atoms with Crippen molar-refractivity contribution in [3.05, 3.63) is 133 Å². The van der Waals surface area contributed by atoms with Crippen LogP contribution in [-0.4, -0.2) is 124 Å². The van der Waals surface area contributed by atoms with E-state index < -0.39 is 12.0 Å². The maximum absolute atomic E-state index is 12.1. The maximum atomic E-state index is 12.1. The van der Waals surface area contributed by atoms with Gasteiger partial charge in [-0.1, -0.05) is 66.0 Å². The van der Waals surface area contributed by atoms with Gasteiger partial charge >= 0.3 is 0 Å². The lowest BCUT2D eigenvalue weighted by Crippen LogP contribution is -2.49. The molecule has 0 radical (unpaired) electrons. The average molecular weight is 1100 g/mol. The lowest BCUT2D eigenvalue weighted by molar-refractivity contribution is -0.00200. The number of methoxy groups -OCH3 is 1. The number of nitrogens with zero attached hydrogens (tertiary/aromatic N) is 1. The first kappa shape index (κ1) is 56.4. The molecule has 15 nitrogen and oxygen atoms in total. The number of nitrogens with one attached hydrogen (secondary N) is 3. The van der Waals surface area contributed by atoms with Crippen molar-refractivity contribution in [2.24, 2.45) is 0 Å². The number of ether oxygens (including phenoxy) is 7. The number of phenolic OH excluding ortho intramolecular Hbond substituents is 1. The van der Waals surface area contributed by atoms with Gasteiger partial charge in [-0.2, -0.15) is 0 Å². The summed E-state index contributed by atoms with van der Waals surface area (Å²) in [5.74, 6) is 2.88. The molecular weight excluding hydrogens is 1030 g/mol. The van der Waals surface area contributed by atoms with Gasteiger partial charge in [0.2, 0.25) is 0 Å². The van der Waals surface area contributed by atoms with Crippen molar-refractivity contribution < 1.29 is 53.0 Å². The Hall–Kier alpha value is -5.36. The molecule has 10 rings (SSSR count). The van der Waals surface area contributed by atoms with Crippen LogP contribution < -0.4 is 44.4 Å². The number of rotatable bonds is 14. The molecule has 5 aromatic rings. The van der Waals surface area contributed by atoms with E-state index in [-0.39, 0.29) is 59.3 Å². The van der Waals surface area contributed by atoms with Gasteiger partial charge in [-0.25, -0.2) is 0 Å². The van der Waals surface area contributed by atoms with Crippen molar-refractivity contribution in [2.45, 2.75) is 76.0 Å². The van der Waals surface area contributed by atoms with Crippen molar-refractivity contribution >= 4 is 58.2 Å². The molecule has 0 bridgehead atoms. The summed E-state index contributed by atoms with van der Waals surface area (Å²) in [6.45, 7) is 5.50. The lowest BCUT2D eigenvalue weighted by Gasteiger charge is -2.39. The molecule has 2 spiro atoms. The van der Waals surface area contributed by atoms with Gasteiger partial charge in [0.1, 0.15) is 83.5 Å². The molecule has 0 aromatic heterocycles. The predicted molar refractivity (Wildman–Crippen MR) is 287 cm³/mol. The second-order valence-electron chi connectivity index (χ2n) is 18.6. The molecule has 5 N–H and O–H groups in total. The predicted octanol–water partition coefficient (Wildman–Crippen LogP) is 9.37. The highest BCUT2D eigenvalue weighted by molar-refractivity contribution is 6.33. The number of aliphatic hydroxyl groups is 1. The van der Waals surface area contributed by atoms with Crippen LogP contribution in [0.2, 0.25) is 20.1 Å². The van der Waals surface area contributed by atoms with E-state index in [1.807, 2.05) is 60.7 Å². The fourth-order valence-electron chi connectivity index (χ4n) is 9.21. The van der Waals surface area contributed by atoms with Crippen molar-refractivity contribution in [3.63, 3.8) is 0 Å². The summed E-state index contributed by atoms with van der Waals surface area (Å²) >= 11 is 24.3. The third-order valence-corrected chi connectivity index (χ3v) is 14.4. The van der Waals surface area contributed by atoms with Gasteiger partial charge in [-0.3, -0.25) is 9.59 Å². The second kappa shape index (κ2) is 25.5. The number of carbonyl (C=O) groups excluding carboxylic acids is 2. The number of aromatic hydroxyl groups is 1. The Morgan fingerprint density at radius 3 is 1.85 bits per heavy atom. The first-order valence-electron chi connectivity index (χ1n) is 24.2. The number of benzene rings is 5. The van der Waals surface area contributed by atoms with Crippen LogP contribution in [0.4, 0.5) is 0 Å². The van der Waals surface area contributed by atoms with Crippen molar-refractivity contribution in [1.29, 1.82) is 0 Å². The maximum Gasteiger partial charge on any atom is 0.254 e. The summed E-state index contributed by atoms with van der Waals surface area (Å²) in [6, 6.07) is 25.0. The van der Waals surface area contributed by atoms with Crippen LogP contribution in [0.3, 0.4) is 0 Å². The van der Waals surface area contributed by atoms with E-state index in [2.05, 4.69) is 20.9 Å². The van der Waals surface area contributed by atoms with Gasteiger partial charge in [0, 0.05) is 81.6 Å². The molecule has 0 unspecified atom stereocenters. The highest BCUT2D eigenvalue weighted by Gasteiger charge is 2.43.